The normalized spacial score (nSPS) is 11.0. The van der Waals surface area contributed by atoms with Gasteiger partial charge in [-0.05, 0) is 23.8 Å². The molecule has 7 nitrogen and oxygen atoms in total. The summed E-state index contributed by atoms with van der Waals surface area (Å²) in [6.45, 7) is -0.129. The zero-order valence-corrected chi connectivity index (χ0v) is 14.4. The fraction of sp³-hybridized carbons (Fsp3) is 0.100. The van der Waals surface area contributed by atoms with Crippen LogP contribution in [0.1, 0.15) is 11.3 Å². The molecule has 0 saturated heterocycles. The Labute approximate surface area is 154 Å². The maximum atomic E-state index is 11.5. The molecule has 1 amide bonds. The molecule has 0 bridgehead atoms. The van der Waals surface area contributed by atoms with Gasteiger partial charge in [-0.15, -0.1) is 0 Å². The molecule has 4 N–H and O–H groups in total. The molecule has 0 atom stereocenters. The molecular weight excluding hydrogens is 344 g/mol. The summed E-state index contributed by atoms with van der Waals surface area (Å²) in [6.07, 6.45) is 0.556. The predicted molar refractivity (Wildman–Crippen MR) is 102 cm³/mol. The molecule has 0 unspecified atom stereocenters. The van der Waals surface area contributed by atoms with Gasteiger partial charge in [-0.1, -0.05) is 42.5 Å². The van der Waals surface area contributed by atoms with E-state index in [0.717, 1.165) is 16.6 Å². The van der Waals surface area contributed by atoms with Crippen LogP contribution in [-0.2, 0) is 11.2 Å². The lowest BCUT2D eigenvalue weighted by atomic mass is 10.1. The van der Waals surface area contributed by atoms with E-state index in [1.807, 2.05) is 48.5 Å². The molecule has 0 spiro atoms. The summed E-state index contributed by atoms with van der Waals surface area (Å²) in [7, 11) is 0. The van der Waals surface area contributed by atoms with Crippen molar-refractivity contribution in [2.24, 2.45) is 0 Å². The molecule has 0 fully saturated rings. The van der Waals surface area contributed by atoms with E-state index in [0.29, 0.717) is 23.4 Å². The minimum atomic E-state index is -0.569. The van der Waals surface area contributed by atoms with Crippen LogP contribution in [0, 0.1) is 0 Å². The molecule has 7 heteroatoms. The second-order valence-electron chi connectivity index (χ2n) is 6.20. The molecule has 0 aliphatic heterocycles. The molecule has 2 heterocycles. The molecule has 2 aromatic heterocycles. The van der Waals surface area contributed by atoms with Crippen LogP contribution >= 0.6 is 0 Å². The Morgan fingerprint density at radius 2 is 1.85 bits per heavy atom. The van der Waals surface area contributed by atoms with Crippen molar-refractivity contribution < 1.29 is 15.1 Å². The topological polar surface area (TPSA) is 98.9 Å². The third-order valence-electron chi connectivity index (χ3n) is 4.41. The monoisotopic (exact) mass is 362 g/mol. The first-order valence-electron chi connectivity index (χ1n) is 8.50. The lowest BCUT2D eigenvalue weighted by Gasteiger charge is -2.11. The van der Waals surface area contributed by atoms with E-state index >= 15 is 0 Å². The maximum Gasteiger partial charge on any atom is 0.262 e. The molecule has 0 aliphatic rings. The molecular formula is C20H18N4O3. The predicted octanol–water partition coefficient (Wildman–Crippen LogP) is 2.70. The standard InChI is InChI=1S/C20H18N4O3/c25-16-8-4-7-14-9-10-17-22-15(11-13-5-2-1-3-6-13)20(24(17)19(14)16)21-12-18(26)23-27/h1-10,21,25,27H,11-12H2,(H,23,26). The van der Waals surface area contributed by atoms with Gasteiger partial charge in [-0.3, -0.25) is 14.4 Å². The van der Waals surface area contributed by atoms with Gasteiger partial charge in [0.2, 0.25) is 0 Å². The number of nitrogens with one attached hydrogen (secondary N) is 2. The van der Waals surface area contributed by atoms with Crippen LogP contribution < -0.4 is 10.8 Å². The highest BCUT2D eigenvalue weighted by atomic mass is 16.5. The lowest BCUT2D eigenvalue weighted by molar-refractivity contribution is -0.127. The first kappa shape index (κ1) is 16.9. The Balaban J connectivity index is 1.91. The number of nitrogens with zero attached hydrogens (tertiary/aromatic N) is 2. The number of amides is 1. The van der Waals surface area contributed by atoms with Crippen molar-refractivity contribution in [3.63, 3.8) is 0 Å². The number of benzene rings is 2. The number of rotatable bonds is 5. The molecule has 0 saturated carbocycles. The Morgan fingerprint density at radius 3 is 2.63 bits per heavy atom. The van der Waals surface area contributed by atoms with Gasteiger partial charge < -0.3 is 10.4 Å². The van der Waals surface area contributed by atoms with Crippen LogP contribution in [-0.4, -0.2) is 32.2 Å². The van der Waals surface area contributed by atoms with Crippen molar-refractivity contribution in [2.75, 3.05) is 11.9 Å². The number of aromatic nitrogens is 2. The van der Waals surface area contributed by atoms with Crippen molar-refractivity contribution >= 4 is 28.3 Å². The number of carbonyl (C=O) groups excluding carboxylic acids is 1. The number of phenolic OH excluding ortho intramolecular Hbond substituents is 1. The summed E-state index contributed by atoms with van der Waals surface area (Å²) < 4.78 is 1.80. The first-order chi connectivity index (χ1) is 13.2. The van der Waals surface area contributed by atoms with E-state index in [-0.39, 0.29) is 12.3 Å². The third-order valence-corrected chi connectivity index (χ3v) is 4.41. The average molecular weight is 362 g/mol. The van der Waals surface area contributed by atoms with Gasteiger partial charge in [0.1, 0.15) is 17.2 Å². The number of anilines is 1. The van der Waals surface area contributed by atoms with Gasteiger partial charge >= 0.3 is 0 Å². The minimum absolute atomic E-state index is 0.122. The summed E-state index contributed by atoms with van der Waals surface area (Å²) in [5.74, 6) is 0.154. The molecule has 4 aromatic rings. The van der Waals surface area contributed by atoms with Gasteiger partial charge in [-0.25, -0.2) is 10.5 Å². The lowest BCUT2D eigenvalue weighted by Crippen LogP contribution is -2.27. The molecule has 27 heavy (non-hydrogen) atoms. The van der Waals surface area contributed by atoms with Crippen molar-refractivity contribution in [2.45, 2.75) is 6.42 Å². The third kappa shape index (κ3) is 3.16. The summed E-state index contributed by atoms with van der Waals surface area (Å²) in [6, 6.07) is 18.9. The van der Waals surface area contributed by atoms with Crippen molar-refractivity contribution in [3.05, 3.63) is 71.9 Å². The fourth-order valence-corrected chi connectivity index (χ4v) is 3.21. The Bertz CT molecular complexity index is 1120. The van der Waals surface area contributed by atoms with E-state index in [9.17, 15) is 9.90 Å². The summed E-state index contributed by atoms with van der Waals surface area (Å²) in [4.78, 5) is 16.2. The Morgan fingerprint density at radius 1 is 1.04 bits per heavy atom. The van der Waals surface area contributed by atoms with Gasteiger partial charge in [0, 0.05) is 11.8 Å². The Kier molecular flexibility index (Phi) is 4.35. The van der Waals surface area contributed by atoms with Crippen LogP contribution in [0.2, 0.25) is 0 Å². The van der Waals surface area contributed by atoms with Crippen LogP contribution in [0.25, 0.3) is 16.6 Å². The minimum Gasteiger partial charge on any atom is -0.506 e. The average Bonchev–Trinajstić information content (AvgIpc) is 3.04. The summed E-state index contributed by atoms with van der Waals surface area (Å²) in [5, 5.41) is 23.1. The summed E-state index contributed by atoms with van der Waals surface area (Å²) in [5.41, 5.74) is 4.68. The molecule has 136 valence electrons. The largest absolute Gasteiger partial charge is 0.506 e. The van der Waals surface area contributed by atoms with E-state index < -0.39 is 5.91 Å². The van der Waals surface area contributed by atoms with E-state index in [2.05, 4.69) is 5.32 Å². The van der Waals surface area contributed by atoms with Crippen molar-refractivity contribution in [1.29, 1.82) is 0 Å². The molecule has 4 rings (SSSR count). The smallest absolute Gasteiger partial charge is 0.262 e. The second-order valence-corrected chi connectivity index (χ2v) is 6.20. The highest BCUT2D eigenvalue weighted by molar-refractivity contribution is 5.89. The van der Waals surface area contributed by atoms with E-state index in [1.165, 1.54) is 0 Å². The maximum absolute atomic E-state index is 11.5. The number of pyridine rings is 1. The molecule has 0 radical (unpaired) electrons. The number of imidazole rings is 1. The zero-order valence-electron chi connectivity index (χ0n) is 14.4. The summed E-state index contributed by atoms with van der Waals surface area (Å²) >= 11 is 0. The van der Waals surface area contributed by atoms with E-state index in [4.69, 9.17) is 10.2 Å². The Hall–Kier alpha value is -3.58. The number of hydroxylamine groups is 1. The van der Waals surface area contributed by atoms with Crippen molar-refractivity contribution in [3.8, 4) is 5.75 Å². The van der Waals surface area contributed by atoms with E-state index in [1.54, 1.807) is 22.0 Å². The van der Waals surface area contributed by atoms with Gasteiger partial charge in [0.25, 0.3) is 5.91 Å². The SMILES string of the molecule is O=C(CNc1c(Cc2ccccc2)nc2ccc3cccc(O)c3n12)NO. The number of aromatic hydroxyl groups is 1. The fourth-order valence-electron chi connectivity index (χ4n) is 3.21. The van der Waals surface area contributed by atoms with Crippen LogP contribution in [0.4, 0.5) is 5.82 Å². The van der Waals surface area contributed by atoms with Gasteiger partial charge in [0.15, 0.2) is 0 Å². The van der Waals surface area contributed by atoms with Gasteiger partial charge in [0.05, 0.1) is 17.8 Å². The second kappa shape index (κ2) is 6.97. The molecule has 2 aromatic carbocycles. The molecule has 0 aliphatic carbocycles. The number of fused-ring (bicyclic) bond motifs is 3. The quantitative estimate of drug-likeness (QED) is 0.323. The number of carbonyl (C=O) groups is 1. The van der Waals surface area contributed by atoms with Crippen LogP contribution in [0.5, 0.6) is 5.75 Å². The number of phenols is 1. The van der Waals surface area contributed by atoms with Gasteiger partial charge in [-0.2, -0.15) is 0 Å². The number of hydrogen-bond donors (Lipinski definition) is 4. The van der Waals surface area contributed by atoms with Crippen molar-refractivity contribution in [1.82, 2.24) is 14.9 Å². The number of hydrogen-bond acceptors (Lipinski definition) is 5. The highest BCUT2D eigenvalue weighted by Crippen LogP contribution is 2.31. The van der Waals surface area contributed by atoms with Crippen LogP contribution in [0.3, 0.4) is 0 Å². The zero-order chi connectivity index (χ0) is 18.8. The first-order valence-corrected chi connectivity index (χ1v) is 8.50. The van der Waals surface area contributed by atoms with Crippen LogP contribution in [0.15, 0.2) is 60.7 Å². The highest BCUT2D eigenvalue weighted by Gasteiger charge is 2.17. The number of para-hydroxylation sites is 1.